The zero-order valence-corrected chi connectivity index (χ0v) is 26.2. The molecule has 0 aromatic carbocycles. The molecule has 0 atom stereocenters. The van der Waals surface area contributed by atoms with Crippen LogP contribution in [-0.4, -0.2) is 69.2 Å². The lowest BCUT2D eigenvalue weighted by molar-refractivity contribution is -0.132. The standard InChI is InChI=1S/C19H22N4O2S2.C7H11N.C3H6.C2H6/c24-18(7-4-14-26-27-17-6-1-2-9-21-17)22-10-12-23(13-11-22)19(25)16-5-3-8-20-15-16;1-3-4-5-6-7(2)8;1-3-2;1-2/h1-3,5-6,8-9,15H,4,7,10-14H2;3-6,8H,1-2H3;3H,1H2,2H3;1-2H3/b;4-3-,6-5-,8-7?;;. The SMILES string of the molecule is C/C=C\C=C/C(C)=N.C=CC.CC.O=C(CCCSSc1ccccn1)N1CCN(C(=O)c2cccnc2)CC1. The number of piperazine rings is 1. The minimum Gasteiger partial charge on any atom is -0.339 e. The van der Waals surface area contributed by atoms with E-state index in [9.17, 15) is 9.59 Å². The van der Waals surface area contributed by atoms with Gasteiger partial charge in [-0.1, -0.05) is 55.0 Å². The van der Waals surface area contributed by atoms with E-state index >= 15 is 0 Å². The van der Waals surface area contributed by atoms with Crippen molar-refractivity contribution < 1.29 is 9.59 Å². The van der Waals surface area contributed by atoms with Crippen molar-refractivity contribution in [1.29, 1.82) is 5.41 Å². The van der Waals surface area contributed by atoms with Gasteiger partial charge in [-0.2, -0.15) is 0 Å². The fourth-order valence-electron chi connectivity index (χ4n) is 3.08. The van der Waals surface area contributed by atoms with Gasteiger partial charge in [0.2, 0.25) is 5.91 Å². The molecule has 1 N–H and O–H groups in total. The number of hydrogen-bond acceptors (Lipinski definition) is 7. The first-order valence-corrected chi connectivity index (χ1v) is 15.8. The molecule has 1 fully saturated rings. The van der Waals surface area contributed by atoms with Crippen molar-refractivity contribution in [1.82, 2.24) is 19.8 Å². The molecule has 218 valence electrons. The Morgan fingerprint density at radius 3 is 2.25 bits per heavy atom. The van der Waals surface area contributed by atoms with Crippen molar-refractivity contribution >= 4 is 39.1 Å². The summed E-state index contributed by atoms with van der Waals surface area (Å²) < 4.78 is 0. The van der Waals surface area contributed by atoms with Crippen LogP contribution in [0, 0.1) is 5.41 Å². The van der Waals surface area contributed by atoms with Crippen molar-refractivity contribution in [3.63, 3.8) is 0 Å². The van der Waals surface area contributed by atoms with Crippen LogP contribution in [-0.2, 0) is 4.79 Å². The second kappa shape index (κ2) is 24.8. The van der Waals surface area contributed by atoms with E-state index < -0.39 is 0 Å². The van der Waals surface area contributed by atoms with Crippen molar-refractivity contribution in [3.05, 3.63) is 91.4 Å². The zero-order chi connectivity index (χ0) is 30.0. The number of nitrogens with zero attached hydrogens (tertiary/aromatic N) is 4. The number of amides is 2. The van der Waals surface area contributed by atoms with Crippen LogP contribution in [0.25, 0.3) is 0 Å². The monoisotopic (exact) mass is 583 g/mol. The number of aromatic nitrogens is 2. The molecule has 2 aromatic rings. The summed E-state index contributed by atoms with van der Waals surface area (Å²) in [6, 6.07) is 9.38. The maximum absolute atomic E-state index is 12.4. The first kappa shape index (κ1) is 36.8. The highest BCUT2D eigenvalue weighted by atomic mass is 33.1. The van der Waals surface area contributed by atoms with E-state index in [2.05, 4.69) is 16.5 Å². The fraction of sp³-hybridized carbons (Fsp3) is 0.387. The number of nitrogens with one attached hydrogen (secondary N) is 1. The maximum atomic E-state index is 12.4. The zero-order valence-electron chi connectivity index (χ0n) is 24.6. The molecule has 3 rings (SSSR count). The summed E-state index contributed by atoms with van der Waals surface area (Å²) in [6.45, 7) is 15.3. The van der Waals surface area contributed by atoms with E-state index in [1.807, 2.05) is 69.0 Å². The highest BCUT2D eigenvalue weighted by Gasteiger charge is 2.24. The van der Waals surface area contributed by atoms with Crippen molar-refractivity contribution in [2.75, 3.05) is 31.9 Å². The van der Waals surface area contributed by atoms with E-state index in [0.717, 1.165) is 17.2 Å². The third kappa shape index (κ3) is 17.4. The summed E-state index contributed by atoms with van der Waals surface area (Å²) >= 11 is 0. The molecule has 0 bridgehead atoms. The molecule has 1 aliphatic heterocycles. The molecule has 0 spiro atoms. The van der Waals surface area contributed by atoms with E-state index in [-0.39, 0.29) is 11.8 Å². The van der Waals surface area contributed by atoms with E-state index in [1.54, 1.807) is 76.3 Å². The summed E-state index contributed by atoms with van der Waals surface area (Å²) in [5.74, 6) is 1.07. The molecule has 0 radical (unpaired) electrons. The second-order valence-corrected chi connectivity index (χ2v) is 10.5. The molecule has 0 aliphatic carbocycles. The molecule has 7 nitrogen and oxygen atoms in total. The van der Waals surface area contributed by atoms with Gasteiger partial charge in [0.25, 0.3) is 5.91 Å². The number of rotatable bonds is 9. The van der Waals surface area contributed by atoms with Gasteiger partial charge in [-0.05, 0) is 68.3 Å². The predicted molar refractivity (Wildman–Crippen MR) is 173 cm³/mol. The molecule has 0 unspecified atom stereocenters. The van der Waals surface area contributed by atoms with Gasteiger partial charge in [-0.3, -0.25) is 14.6 Å². The lowest BCUT2D eigenvalue weighted by Crippen LogP contribution is -2.50. The molecule has 1 saturated heterocycles. The fourth-order valence-corrected chi connectivity index (χ4v) is 5.05. The average molecular weight is 584 g/mol. The third-order valence-corrected chi connectivity index (χ3v) is 7.23. The van der Waals surface area contributed by atoms with Gasteiger partial charge in [0, 0.05) is 62.7 Å². The number of carbonyl (C=O) groups excluding carboxylic acids is 2. The molecule has 0 saturated carbocycles. The molecule has 1 aliphatic rings. The number of carbonyl (C=O) groups is 2. The summed E-state index contributed by atoms with van der Waals surface area (Å²) in [7, 11) is 3.36. The van der Waals surface area contributed by atoms with Crippen LogP contribution in [0.15, 0.2) is 90.9 Å². The summed E-state index contributed by atoms with van der Waals surface area (Å²) in [5.41, 5.74) is 1.18. The van der Waals surface area contributed by atoms with Gasteiger partial charge in [0.05, 0.1) is 5.56 Å². The van der Waals surface area contributed by atoms with E-state index in [0.29, 0.717) is 43.9 Å². The van der Waals surface area contributed by atoms with Gasteiger partial charge in [0.15, 0.2) is 0 Å². The van der Waals surface area contributed by atoms with Crippen molar-refractivity contribution in [3.8, 4) is 0 Å². The Hall–Kier alpha value is -3.17. The highest BCUT2D eigenvalue weighted by molar-refractivity contribution is 8.76. The average Bonchev–Trinajstić information content (AvgIpc) is 2.99. The van der Waals surface area contributed by atoms with E-state index in [4.69, 9.17) is 5.41 Å². The molecule has 2 aromatic heterocycles. The summed E-state index contributed by atoms with van der Waals surface area (Å²) in [5, 5.41) is 7.94. The van der Waals surface area contributed by atoms with Gasteiger partial charge in [-0.25, -0.2) is 4.98 Å². The minimum absolute atomic E-state index is 0.0156. The van der Waals surface area contributed by atoms with Crippen LogP contribution in [0.2, 0.25) is 0 Å². The number of pyridine rings is 2. The highest BCUT2D eigenvalue weighted by Crippen LogP contribution is 2.29. The largest absolute Gasteiger partial charge is 0.339 e. The minimum atomic E-state index is -0.0156. The van der Waals surface area contributed by atoms with Crippen LogP contribution in [0.5, 0.6) is 0 Å². The van der Waals surface area contributed by atoms with Gasteiger partial charge in [-0.15, -0.1) is 6.58 Å². The molecule has 3 heterocycles. The quantitative estimate of drug-likeness (QED) is 0.109. The molecule has 9 heteroatoms. The Morgan fingerprint density at radius 2 is 1.70 bits per heavy atom. The lowest BCUT2D eigenvalue weighted by Gasteiger charge is -2.34. The number of hydrogen-bond donors (Lipinski definition) is 1. The van der Waals surface area contributed by atoms with Crippen LogP contribution in [0.4, 0.5) is 0 Å². The number of allylic oxidation sites excluding steroid dienone is 5. The van der Waals surface area contributed by atoms with Gasteiger partial charge >= 0.3 is 0 Å². The van der Waals surface area contributed by atoms with Crippen LogP contribution >= 0.6 is 21.6 Å². The first-order valence-electron chi connectivity index (χ1n) is 13.5. The molecule has 2 amide bonds. The van der Waals surface area contributed by atoms with Crippen LogP contribution < -0.4 is 0 Å². The topological polar surface area (TPSA) is 90.3 Å². The Kier molecular flexibility index (Phi) is 22.9. The Labute approximate surface area is 249 Å². The molecular weight excluding hydrogens is 539 g/mol. The lowest BCUT2D eigenvalue weighted by atomic mass is 10.2. The van der Waals surface area contributed by atoms with Crippen molar-refractivity contribution in [2.24, 2.45) is 0 Å². The van der Waals surface area contributed by atoms with Gasteiger partial charge < -0.3 is 15.2 Å². The van der Waals surface area contributed by atoms with Gasteiger partial charge in [0.1, 0.15) is 5.03 Å². The van der Waals surface area contributed by atoms with Crippen LogP contribution in [0.1, 0.15) is 57.8 Å². The Bertz CT molecular complexity index is 1020. The second-order valence-electron chi connectivity index (χ2n) is 8.07. The maximum Gasteiger partial charge on any atom is 0.255 e. The Balaban J connectivity index is 0.000000987. The first-order chi connectivity index (χ1) is 19.4. The third-order valence-electron chi connectivity index (χ3n) is 4.88. The summed E-state index contributed by atoms with van der Waals surface area (Å²) in [4.78, 5) is 36.7. The normalized spacial score (nSPS) is 12.3. The smallest absolute Gasteiger partial charge is 0.255 e. The van der Waals surface area contributed by atoms with Crippen LogP contribution in [0.3, 0.4) is 0 Å². The predicted octanol–water partition coefficient (Wildman–Crippen LogP) is 7.36. The van der Waals surface area contributed by atoms with E-state index in [1.165, 1.54) is 0 Å². The Morgan fingerprint density at radius 1 is 1.02 bits per heavy atom. The van der Waals surface area contributed by atoms with Crippen molar-refractivity contribution in [2.45, 2.75) is 52.5 Å². The summed E-state index contributed by atoms with van der Waals surface area (Å²) in [6.07, 6.45) is 15.6. The molecule has 40 heavy (non-hydrogen) atoms. The molecular formula is C31H45N5O2S2.